The molecule has 0 aliphatic carbocycles. The number of esters is 1. The highest BCUT2D eigenvalue weighted by atomic mass is 16.5. The molecule has 5 heteroatoms. The van der Waals surface area contributed by atoms with Gasteiger partial charge in [-0.25, -0.2) is 4.79 Å². The monoisotopic (exact) mass is 340 g/mol. The fraction of sp³-hybridized carbons (Fsp3) is 0.300. The molecule has 0 aromatic heterocycles. The zero-order chi connectivity index (χ0) is 18.2. The van der Waals surface area contributed by atoms with Gasteiger partial charge in [0.2, 0.25) is 5.91 Å². The Bertz CT molecular complexity index is 739. The Hall–Kier alpha value is -2.82. The van der Waals surface area contributed by atoms with Crippen molar-refractivity contribution in [3.05, 3.63) is 59.2 Å². The number of amides is 1. The first-order chi connectivity index (χ1) is 12.0. The van der Waals surface area contributed by atoms with Gasteiger partial charge in [0.05, 0.1) is 19.2 Å². The van der Waals surface area contributed by atoms with Crippen molar-refractivity contribution in [2.45, 2.75) is 26.7 Å². The lowest BCUT2D eigenvalue weighted by Crippen LogP contribution is -2.22. The Kier molecular flexibility index (Phi) is 6.57. The predicted octanol–water partition coefficient (Wildman–Crippen LogP) is 3.78. The maximum absolute atomic E-state index is 12.1. The first-order valence-corrected chi connectivity index (χ1v) is 8.35. The highest BCUT2D eigenvalue weighted by Gasteiger charge is 2.09. The van der Waals surface area contributed by atoms with E-state index in [1.807, 2.05) is 37.3 Å². The number of aryl methyl sites for hydroxylation is 2. The van der Waals surface area contributed by atoms with Gasteiger partial charge in [0.15, 0.2) is 0 Å². The summed E-state index contributed by atoms with van der Waals surface area (Å²) >= 11 is 0. The molecule has 0 aliphatic heterocycles. The summed E-state index contributed by atoms with van der Waals surface area (Å²) in [5.41, 5.74) is 4.16. The summed E-state index contributed by atoms with van der Waals surface area (Å²) in [6, 6.07) is 13.1. The average Bonchev–Trinajstić information content (AvgIpc) is 2.62. The van der Waals surface area contributed by atoms with Crippen molar-refractivity contribution in [1.29, 1.82) is 0 Å². The quantitative estimate of drug-likeness (QED) is 0.753. The SMILES string of the molecule is CCCc1ccc(NC(=O)CNc2cc(C(=O)OC)ccc2C)cc1. The first kappa shape index (κ1) is 18.5. The second kappa shape index (κ2) is 8.87. The molecule has 132 valence electrons. The van der Waals surface area contributed by atoms with Crippen LogP contribution in [-0.4, -0.2) is 25.5 Å². The van der Waals surface area contributed by atoms with Gasteiger partial charge in [-0.15, -0.1) is 0 Å². The summed E-state index contributed by atoms with van der Waals surface area (Å²) in [6.45, 7) is 4.16. The summed E-state index contributed by atoms with van der Waals surface area (Å²) < 4.78 is 4.72. The average molecular weight is 340 g/mol. The maximum Gasteiger partial charge on any atom is 0.337 e. The zero-order valence-corrected chi connectivity index (χ0v) is 14.9. The minimum absolute atomic E-state index is 0.113. The topological polar surface area (TPSA) is 67.4 Å². The number of benzene rings is 2. The van der Waals surface area contributed by atoms with E-state index in [1.165, 1.54) is 12.7 Å². The normalized spacial score (nSPS) is 10.2. The van der Waals surface area contributed by atoms with E-state index in [9.17, 15) is 9.59 Å². The van der Waals surface area contributed by atoms with Crippen LogP contribution in [-0.2, 0) is 16.0 Å². The van der Waals surface area contributed by atoms with Gasteiger partial charge < -0.3 is 15.4 Å². The Balaban J connectivity index is 1.94. The fourth-order valence-corrected chi connectivity index (χ4v) is 2.48. The van der Waals surface area contributed by atoms with E-state index < -0.39 is 5.97 Å². The van der Waals surface area contributed by atoms with E-state index in [1.54, 1.807) is 12.1 Å². The van der Waals surface area contributed by atoms with Gasteiger partial charge in [-0.2, -0.15) is 0 Å². The third-order valence-corrected chi connectivity index (χ3v) is 3.87. The van der Waals surface area contributed by atoms with Gasteiger partial charge in [-0.05, 0) is 48.7 Å². The van der Waals surface area contributed by atoms with Crippen molar-refractivity contribution in [2.75, 3.05) is 24.3 Å². The first-order valence-electron chi connectivity index (χ1n) is 8.35. The summed E-state index contributed by atoms with van der Waals surface area (Å²) in [5, 5.41) is 5.92. The van der Waals surface area contributed by atoms with Crippen molar-refractivity contribution in [2.24, 2.45) is 0 Å². The number of hydrogen-bond acceptors (Lipinski definition) is 4. The van der Waals surface area contributed by atoms with Crippen LogP contribution in [0.2, 0.25) is 0 Å². The smallest absolute Gasteiger partial charge is 0.337 e. The van der Waals surface area contributed by atoms with Crippen LogP contribution in [0.15, 0.2) is 42.5 Å². The van der Waals surface area contributed by atoms with Crippen molar-refractivity contribution in [1.82, 2.24) is 0 Å². The molecule has 0 saturated heterocycles. The zero-order valence-electron chi connectivity index (χ0n) is 14.9. The molecule has 0 atom stereocenters. The third kappa shape index (κ3) is 5.35. The molecule has 0 radical (unpaired) electrons. The molecule has 25 heavy (non-hydrogen) atoms. The molecule has 0 fully saturated rings. The Morgan fingerprint density at radius 1 is 1.08 bits per heavy atom. The van der Waals surface area contributed by atoms with Crippen molar-refractivity contribution in [3.8, 4) is 0 Å². The summed E-state index contributed by atoms with van der Waals surface area (Å²) in [4.78, 5) is 23.7. The van der Waals surface area contributed by atoms with Crippen LogP contribution in [0.3, 0.4) is 0 Å². The van der Waals surface area contributed by atoms with Crippen LogP contribution in [0.4, 0.5) is 11.4 Å². The van der Waals surface area contributed by atoms with Crippen LogP contribution < -0.4 is 10.6 Å². The van der Waals surface area contributed by atoms with Crippen LogP contribution in [0.1, 0.15) is 34.8 Å². The second-order valence-corrected chi connectivity index (χ2v) is 5.87. The van der Waals surface area contributed by atoms with Crippen molar-refractivity contribution >= 4 is 23.3 Å². The number of nitrogens with one attached hydrogen (secondary N) is 2. The van der Waals surface area contributed by atoms with Gasteiger partial charge in [-0.1, -0.05) is 31.5 Å². The molecule has 5 nitrogen and oxygen atoms in total. The van der Waals surface area contributed by atoms with Gasteiger partial charge in [0.25, 0.3) is 0 Å². The molecule has 0 saturated carbocycles. The maximum atomic E-state index is 12.1. The number of anilines is 2. The van der Waals surface area contributed by atoms with Crippen molar-refractivity contribution in [3.63, 3.8) is 0 Å². The molecule has 0 spiro atoms. The second-order valence-electron chi connectivity index (χ2n) is 5.87. The molecule has 2 rings (SSSR count). The highest BCUT2D eigenvalue weighted by molar-refractivity contribution is 5.94. The predicted molar refractivity (Wildman–Crippen MR) is 100 cm³/mol. The molecule has 2 N–H and O–H groups in total. The number of methoxy groups -OCH3 is 1. The van der Waals surface area contributed by atoms with Gasteiger partial charge >= 0.3 is 5.97 Å². The lowest BCUT2D eigenvalue weighted by atomic mass is 10.1. The standard InChI is InChI=1S/C20H24N2O3/c1-4-5-15-7-10-17(11-8-15)22-19(23)13-21-18-12-16(20(24)25-3)9-6-14(18)2/h6-12,21H,4-5,13H2,1-3H3,(H,22,23). The molecule has 2 aromatic carbocycles. The van der Waals surface area contributed by atoms with Crippen LogP contribution in [0.5, 0.6) is 0 Å². The molecular formula is C20H24N2O3. The molecule has 0 aliphatic rings. The van der Waals surface area contributed by atoms with Crippen LogP contribution >= 0.6 is 0 Å². The number of ether oxygens (including phenoxy) is 1. The third-order valence-electron chi connectivity index (χ3n) is 3.87. The molecule has 2 aromatic rings. The number of hydrogen-bond donors (Lipinski definition) is 2. The van der Waals surface area contributed by atoms with E-state index in [0.717, 1.165) is 29.8 Å². The lowest BCUT2D eigenvalue weighted by molar-refractivity contribution is -0.114. The van der Waals surface area contributed by atoms with E-state index >= 15 is 0 Å². The van der Waals surface area contributed by atoms with Gasteiger partial charge in [0, 0.05) is 11.4 Å². The number of carbonyl (C=O) groups excluding carboxylic acids is 2. The molecular weight excluding hydrogens is 316 g/mol. The Morgan fingerprint density at radius 3 is 2.44 bits per heavy atom. The van der Waals surface area contributed by atoms with Crippen LogP contribution in [0, 0.1) is 6.92 Å². The number of rotatable bonds is 7. The van der Waals surface area contributed by atoms with E-state index in [4.69, 9.17) is 4.74 Å². The Morgan fingerprint density at radius 2 is 1.80 bits per heavy atom. The van der Waals surface area contributed by atoms with E-state index in [-0.39, 0.29) is 12.5 Å². The molecule has 0 heterocycles. The Labute approximate surface area is 148 Å². The van der Waals surface area contributed by atoms with Crippen LogP contribution in [0.25, 0.3) is 0 Å². The van der Waals surface area contributed by atoms with E-state index in [0.29, 0.717) is 5.56 Å². The largest absolute Gasteiger partial charge is 0.465 e. The summed E-state index contributed by atoms with van der Waals surface area (Å²) in [5.74, 6) is -0.550. The lowest BCUT2D eigenvalue weighted by Gasteiger charge is -2.11. The van der Waals surface area contributed by atoms with E-state index in [2.05, 4.69) is 17.6 Å². The number of carbonyl (C=O) groups is 2. The molecule has 0 unspecified atom stereocenters. The minimum atomic E-state index is -0.403. The summed E-state index contributed by atoms with van der Waals surface area (Å²) in [6.07, 6.45) is 2.13. The van der Waals surface area contributed by atoms with Crippen molar-refractivity contribution < 1.29 is 14.3 Å². The highest BCUT2D eigenvalue weighted by Crippen LogP contribution is 2.17. The minimum Gasteiger partial charge on any atom is -0.465 e. The molecule has 0 bridgehead atoms. The van der Waals surface area contributed by atoms with Gasteiger partial charge in [-0.3, -0.25) is 4.79 Å². The fourth-order valence-electron chi connectivity index (χ4n) is 2.48. The summed E-state index contributed by atoms with van der Waals surface area (Å²) in [7, 11) is 1.34. The molecule has 1 amide bonds. The van der Waals surface area contributed by atoms with Gasteiger partial charge in [0.1, 0.15) is 0 Å².